The minimum Gasteiger partial charge on any atom is -0.356 e. The van der Waals surface area contributed by atoms with Crippen LogP contribution >= 0.6 is 0 Å². The molecule has 0 radical (unpaired) electrons. The lowest BCUT2D eigenvalue weighted by Crippen LogP contribution is -2.22. The Hall–Kier alpha value is -2.69. The van der Waals surface area contributed by atoms with Gasteiger partial charge in [-0.15, -0.1) is 0 Å². The van der Waals surface area contributed by atoms with Gasteiger partial charge in [-0.2, -0.15) is 0 Å². The smallest absolute Gasteiger partial charge is 0.217 e. The molecule has 0 fully saturated rings. The summed E-state index contributed by atoms with van der Waals surface area (Å²) in [5.74, 6) is 0.0137. The van der Waals surface area contributed by atoms with E-state index in [2.05, 4.69) is 15.6 Å². The van der Waals surface area contributed by atoms with E-state index in [1.54, 1.807) is 6.20 Å². The van der Waals surface area contributed by atoms with Gasteiger partial charge in [-0.25, -0.2) is 0 Å². The van der Waals surface area contributed by atoms with Crippen LogP contribution in [0.5, 0.6) is 0 Å². The first kappa shape index (κ1) is 18.4. The molecule has 2 N–H and O–H groups in total. The van der Waals surface area contributed by atoms with Crippen molar-refractivity contribution in [3.63, 3.8) is 0 Å². The first-order valence-corrected chi connectivity index (χ1v) is 7.50. The lowest BCUT2D eigenvalue weighted by Gasteiger charge is -2.00. The summed E-state index contributed by atoms with van der Waals surface area (Å²) in [6.07, 6.45) is 2.55. The molecule has 1 aromatic carbocycles. The SMILES string of the molecule is CC(=O)NCCc1ccccn1.CC(=O)NCc1ccccc1. The largest absolute Gasteiger partial charge is 0.356 e. The maximum absolute atomic E-state index is 10.5. The van der Waals surface area contributed by atoms with Gasteiger partial charge in [-0.1, -0.05) is 36.4 Å². The molecule has 0 saturated carbocycles. The van der Waals surface area contributed by atoms with Crippen molar-refractivity contribution in [2.45, 2.75) is 26.8 Å². The standard InChI is InChI=1S/C9H12N2O.C9H11NO/c1-8(12)10-7-5-9-4-2-3-6-11-9;1-8(11)10-7-9-5-3-2-4-6-9/h2-4,6H,5,7H2,1H3,(H,10,12);2-6H,7H2,1H3,(H,10,11). The van der Waals surface area contributed by atoms with Crippen molar-refractivity contribution in [3.05, 3.63) is 66.0 Å². The first-order valence-electron chi connectivity index (χ1n) is 7.50. The molecule has 0 bridgehead atoms. The Morgan fingerprint density at radius 2 is 1.57 bits per heavy atom. The summed E-state index contributed by atoms with van der Waals surface area (Å²) in [5, 5.41) is 5.44. The van der Waals surface area contributed by atoms with Gasteiger partial charge in [0.15, 0.2) is 0 Å². The van der Waals surface area contributed by atoms with E-state index in [9.17, 15) is 9.59 Å². The first-order chi connectivity index (χ1) is 11.1. The molecular formula is C18H23N3O2. The van der Waals surface area contributed by atoms with Crippen molar-refractivity contribution in [2.24, 2.45) is 0 Å². The maximum Gasteiger partial charge on any atom is 0.217 e. The average Bonchev–Trinajstić information content (AvgIpc) is 2.55. The molecule has 0 aliphatic carbocycles. The number of nitrogens with one attached hydrogen (secondary N) is 2. The Balaban J connectivity index is 0.000000231. The maximum atomic E-state index is 10.5. The van der Waals surface area contributed by atoms with Gasteiger partial charge in [0.25, 0.3) is 0 Å². The van der Waals surface area contributed by atoms with Crippen molar-refractivity contribution in [1.82, 2.24) is 15.6 Å². The summed E-state index contributed by atoms with van der Waals surface area (Å²) in [6, 6.07) is 15.6. The van der Waals surface area contributed by atoms with Crippen molar-refractivity contribution in [1.29, 1.82) is 0 Å². The third kappa shape index (κ3) is 9.79. The Morgan fingerprint density at radius 1 is 0.913 bits per heavy atom. The van der Waals surface area contributed by atoms with E-state index >= 15 is 0 Å². The molecule has 0 aliphatic rings. The van der Waals surface area contributed by atoms with Crippen LogP contribution < -0.4 is 10.6 Å². The Labute approximate surface area is 137 Å². The van der Waals surface area contributed by atoms with E-state index in [1.807, 2.05) is 48.5 Å². The lowest BCUT2D eigenvalue weighted by atomic mass is 10.2. The zero-order valence-corrected chi connectivity index (χ0v) is 13.6. The van der Waals surface area contributed by atoms with Crippen LogP contribution in [-0.2, 0) is 22.6 Å². The fourth-order valence-electron chi connectivity index (χ4n) is 1.74. The molecule has 0 spiro atoms. The summed E-state index contributed by atoms with van der Waals surface area (Å²) in [4.78, 5) is 25.1. The van der Waals surface area contributed by atoms with Gasteiger partial charge in [0, 0.05) is 45.2 Å². The molecule has 5 heteroatoms. The topological polar surface area (TPSA) is 71.1 Å². The molecule has 0 aliphatic heterocycles. The molecular weight excluding hydrogens is 290 g/mol. The van der Waals surface area contributed by atoms with E-state index in [1.165, 1.54) is 13.8 Å². The highest BCUT2D eigenvalue weighted by atomic mass is 16.1. The number of aromatic nitrogens is 1. The van der Waals surface area contributed by atoms with Crippen LogP contribution in [-0.4, -0.2) is 23.3 Å². The molecule has 0 atom stereocenters. The van der Waals surface area contributed by atoms with Crippen LogP contribution in [0.2, 0.25) is 0 Å². The van der Waals surface area contributed by atoms with E-state index < -0.39 is 0 Å². The van der Waals surface area contributed by atoms with E-state index in [0.717, 1.165) is 17.7 Å². The highest BCUT2D eigenvalue weighted by molar-refractivity contribution is 5.73. The molecule has 5 nitrogen and oxygen atoms in total. The average molecular weight is 313 g/mol. The minimum absolute atomic E-state index is 0.00549. The van der Waals surface area contributed by atoms with Crippen LogP contribution in [0.4, 0.5) is 0 Å². The number of amides is 2. The predicted molar refractivity (Wildman–Crippen MR) is 90.6 cm³/mol. The van der Waals surface area contributed by atoms with Gasteiger partial charge >= 0.3 is 0 Å². The highest BCUT2D eigenvalue weighted by Crippen LogP contribution is 1.96. The molecule has 23 heavy (non-hydrogen) atoms. The summed E-state index contributed by atoms with van der Waals surface area (Å²) in [7, 11) is 0. The van der Waals surface area contributed by atoms with Crippen molar-refractivity contribution < 1.29 is 9.59 Å². The van der Waals surface area contributed by atoms with E-state index in [-0.39, 0.29) is 11.8 Å². The second-order valence-corrected chi connectivity index (χ2v) is 4.95. The Morgan fingerprint density at radius 3 is 2.13 bits per heavy atom. The summed E-state index contributed by atoms with van der Waals surface area (Å²) in [5.41, 5.74) is 2.13. The minimum atomic E-state index is 0.00549. The number of carbonyl (C=O) groups is 2. The van der Waals surface area contributed by atoms with Gasteiger partial charge in [-0.05, 0) is 17.7 Å². The highest BCUT2D eigenvalue weighted by Gasteiger charge is 1.93. The summed E-state index contributed by atoms with van der Waals surface area (Å²) in [6.45, 7) is 4.31. The number of hydrogen-bond acceptors (Lipinski definition) is 3. The Bertz CT molecular complexity index is 586. The molecule has 0 saturated heterocycles. The second kappa shape index (κ2) is 11.0. The number of hydrogen-bond donors (Lipinski definition) is 2. The molecule has 122 valence electrons. The fraction of sp³-hybridized carbons (Fsp3) is 0.278. The normalized spacial score (nSPS) is 9.30. The van der Waals surface area contributed by atoms with Gasteiger partial charge < -0.3 is 10.6 Å². The summed E-state index contributed by atoms with van der Waals surface area (Å²) >= 11 is 0. The van der Waals surface area contributed by atoms with Gasteiger partial charge in [-0.3, -0.25) is 14.6 Å². The molecule has 1 heterocycles. The number of carbonyl (C=O) groups excluding carboxylic acids is 2. The molecule has 1 aromatic heterocycles. The molecule has 2 aromatic rings. The van der Waals surface area contributed by atoms with E-state index in [0.29, 0.717) is 13.1 Å². The second-order valence-electron chi connectivity index (χ2n) is 4.95. The van der Waals surface area contributed by atoms with Crippen LogP contribution in [0.15, 0.2) is 54.7 Å². The third-order valence-corrected chi connectivity index (χ3v) is 2.87. The molecule has 2 rings (SSSR count). The zero-order valence-electron chi connectivity index (χ0n) is 13.6. The number of nitrogens with zero attached hydrogens (tertiary/aromatic N) is 1. The molecule has 2 amide bonds. The lowest BCUT2D eigenvalue weighted by molar-refractivity contribution is -0.119. The predicted octanol–water partition coefficient (Wildman–Crippen LogP) is 2.08. The number of pyridine rings is 1. The number of benzene rings is 1. The summed E-state index contributed by atoms with van der Waals surface area (Å²) < 4.78 is 0. The Kier molecular flexibility index (Phi) is 8.74. The van der Waals surface area contributed by atoms with Gasteiger partial charge in [0.2, 0.25) is 11.8 Å². The van der Waals surface area contributed by atoms with Gasteiger partial charge in [0.05, 0.1) is 0 Å². The quantitative estimate of drug-likeness (QED) is 0.888. The number of rotatable bonds is 5. The van der Waals surface area contributed by atoms with Crippen LogP contribution in [0.25, 0.3) is 0 Å². The fourth-order valence-corrected chi connectivity index (χ4v) is 1.74. The van der Waals surface area contributed by atoms with Crippen molar-refractivity contribution >= 4 is 11.8 Å². The zero-order chi connectivity index (χ0) is 16.9. The monoisotopic (exact) mass is 313 g/mol. The van der Waals surface area contributed by atoms with Crippen LogP contribution in [0, 0.1) is 0 Å². The van der Waals surface area contributed by atoms with Crippen LogP contribution in [0.1, 0.15) is 25.1 Å². The van der Waals surface area contributed by atoms with Crippen molar-refractivity contribution in [2.75, 3.05) is 6.54 Å². The van der Waals surface area contributed by atoms with E-state index in [4.69, 9.17) is 0 Å². The van der Waals surface area contributed by atoms with Crippen LogP contribution in [0.3, 0.4) is 0 Å². The van der Waals surface area contributed by atoms with Crippen molar-refractivity contribution in [3.8, 4) is 0 Å². The third-order valence-electron chi connectivity index (χ3n) is 2.87. The molecule has 0 unspecified atom stereocenters. The van der Waals surface area contributed by atoms with Gasteiger partial charge in [0.1, 0.15) is 0 Å².